The molecule has 0 radical (unpaired) electrons. The van der Waals surface area contributed by atoms with Crippen molar-refractivity contribution in [2.75, 3.05) is 24.5 Å². The Balaban J connectivity index is 0.00000240. The van der Waals surface area contributed by atoms with E-state index >= 15 is 0 Å². The van der Waals surface area contributed by atoms with Crippen LogP contribution in [-0.2, 0) is 7.05 Å². The lowest BCUT2D eigenvalue weighted by Gasteiger charge is -2.35. The zero-order chi connectivity index (χ0) is 19.5. The molecule has 1 aliphatic heterocycles. The number of halogens is 1. The predicted molar refractivity (Wildman–Crippen MR) is 114 cm³/mol. The molecule has 148 valence electrons. The van der Waals surface area contributed by atoms with Gasteiger partial charge in [0.1, 0.15) is 0 Å². The summed E-state index contributed by atoms with van der Waals surface area (Å²) >= 11 is 0. The largest absolute Gasteiger partial charge is 0.339 e. The van der Waals surface area contributed by atoms with Gasteiger partial charge in [0.25, 0.3) is 5.56 Å². The molecule has 1 atom stereocenters. The topological polar surface area (TPSA) is 86.8 Å². The van der Waals surface area contributed by atoms with E-state index in [0.29, 0.717) is 23.8 Å². The van der Waals surface area contributed by atoms with E-state index in [-0.39, 0.29) is 24.0 Å². The van der Waals surface area contributed by atoms with Crippen molar-refractivity contribution in [3.8, 4) is 17.3 Å². The molecule has 2 aromatic heterocycles. The summed E-state index contributed by atoms with van der Waals surface area (Å²) in [7, 11) is 1.75. The minimum Gasteiger partial charge on any atom is -0.339 e. The summed E-state index contributed by atoms with van der Waals surface area (Å²) in [5, 5.41) is 12.5. The second-order valence-corrected chi connectivity index (χ2v) is 6.76. The molecule has 0 amide bonds. The van der Waals surface area contributed by atoms with Crippen LogP contribution in [0.15, 0.2) is 59.7 Å². The standard InChI is InChI=1S/C21H20N6O.ClH/c1-26-20(28)12-18(17-6-8-23-9-7-17)25-21(26)27-11-10-24-19(14-27)16-4-2-15(13-22)3-5-16;/h2-9,12,19,24H,10-11,14H2,1H3;1H. The van der Waals surface area contributed by atoms with Gasteiger partial charge in [0, 0.05) is 56.7 Å². The first-order valence-electron chi connectivity index (χ1n) is 9.12. The van der Waals surface area contributed by atoms with Crippen LogP contribution in [0.1, 0.15) is 17.2 Å². The molecule has 1 saturated heterocycles. The molecule has 1 fully saturated rings. The van der Waals surface area contributed by atoms with Crippen molar-refractivity contribution in [3.63, 3.8) is 0 Å². The molecule has 1 N–H and O–H groups in total. The van der Waals surface area contributed by atoms with Gasteiger partial charge in [-0.25, -0.2) is 4.98 Å². The molecule has 1 aliphatic rings. The van der Waals surface area contributed by atoms with Crippen LogP contribution in [0.3, 0.4) is 0 Å². The maximum Gasteiger partial charge on any atom is 0.255 e. The van der Waals surface area contributed by atoms with Gasteiger partial charge < -0.3 is 10.2 Å². The Morgan fingerprint density at radius 1 is 1.17 bits per heavy atom. The summed E-state index contributed by atoms with van der Waals surface area (Å²) in [6.45, 7) is 2.22. The van der Waals surface area contributed by atoms with E-state index in [1.807, 2.05) is 36.4 Å². The highest BCUT2D eigenvalue weighted by Crippen LogP contribution is 2.23. The number of piperazine rings is 1. The van der Waals surface area contributed by atoms with Crippen molar-refractivity contribution in [1.29, 1.82) is 5.26 Å². The number of benzene rings is 1. The van der Waals surface area contributed by atoms with Gasteiger partial charge in [-0.1, -0.05) is 12.1 Å². The second kappa shape index (κ2) is 8.86. The number of hydrogen-bond donors (Lipinski definition) is 1. The van der Waals surface area contributed by atoms with Crippen LogP contribution in [0.5, 0.6) is 0 Å². The van der Waals surface area contributed by atoms with Gasteiger partial charge in [0.15, 0.2) is 0 Å². The molecule has 0 spiro atoms. The van der Waals surface area contributed by atoms with Gasteiger partial charge in [-0.2, -0.15) is 5.26 Å². The summed E-state index contributed by atoms with van der Waals surface area (Å²) in [5.41, 5.74) is 3.18. The van der Waals surface area contributed by atoms with Crippen molar-refractivity contribution < 1.29 is 0 Å². The van der Waals surface area contributed by atoms with Gasteiger partial charge in [-0.05, 0) is 29.8 Å². The first-order valence-corrected chi connectivity index (χ1v) is 9.12. The van der Waals surface area contributed by atoms with Crippen LogP contribution in [0.2, 0.25) is 0 Å². The van der Waals surface area contributed by atoms with E-state index in [1.165, 1.54) is 0 Å². The van der Waals surface area contributed by atoms with Crippen molar-refractivity contribution in [1.82, 2.24) is 19.9 Å². The molecule has 0 saturated carbocycles. The van der Waals surface area contributed by atoms with Crippen LogP contribution in [-0.4, -0.2) is 34.2 Å². The fraction of sp³-hybridized carbons (Fsp3) is 0.238. The first kappa shape index (κ1) is 20.5. The third-order valence-electron chi connectivity index (χ3n) is 4.99. The lowest BCUT2D eigenvalue weighted by Crippen LogP contribution is -2.47. The monoisotopic (exact) mass is 408 g/mol. The van der Waals surface area contributed by atoms with Gasteiger partial charge in [0.05, 0.1) is 17.3 Å². The molecule has 7 nitrogen and oxygen atoms in total. The summed E-state index contributed by atoms with van der Waals surface area (Å²) in [5.74, 6) is 0.652. The van der Waals surface area contributed by atoms with Gasteiger partial charge in [0.2, 0.25) is 5.95 Å². The normalized spacial score (nSPS) is 16.0. The number of nitriles is 1. The van der Waals surface area contributed by atoms with Crippen LogP contribution < -0.4 is 15.8 Å². The van der Waals surface area contributed by atoms with Gasteiger partial charge in [-0.3, -0.25) is 14.3 Å². The Bertz CT molecular complexity index is 1080. The average Bonchev–Trinajstić information content (AvgIpc) is 2.76. The Labute approximate surface area is 175 Å². The SMILES string of the molecule is Cl.Cn1c(N2CCNC(c3ccc(C#N)cc3)C2)nc(-c2ccncc2)cc1=O. The molecule has 1 unspecified atom stereocenters. The minimum atomic E-state index is -0.0923. The maximum atomic E-state index is 12.5. The van der Waals surface area contributed by atoms with Crippen molar-refractivity contribution >= 4 is 18.4 Å². The fourth-order valence-electron chi connectivity index (χ4n) is 3.43. The highest BCUT2D eigenvalue weighted by molar-refractivity contribution is 5.85. The van der Waals surface area contributed by atoms with Crippen LogP contribution in [0, 0.1) is 11.3 Å². The lowest BCUT2D eigenvalue weighted by atomic mass is 10.0. The van der Waals surface area contributed by atoms with Crippen LogP contribution in [0.25, 0.3) is 11.3 Å². The highest BCUT2D eigenvalue weighted by Gasteiger charge is 2.24. The quantitative estimate of drug-likeness (QED) is 0.715. The van der Waals surface area contributed by atoms with E-state index < -0.39 is 0 Å². The Hall–Kier alpha value is -3.21. The minimum absolute atomic E-state index is 0. The maximum absolute atomic E-state index is 12.5. The Morgan fingerprint density at radius 2 is 1.90 bits per heavy atom. The second-order valence-electron chi connectivity index (χ2n) is 6.76. The molecule has 3 heterocycles. The molecular formula is C21H21ClN6O. The summed E-state index contributed by atoms with van der Waals surface area (Å²) in [6, 6.07) is 15.1. The lowest BCUT2D eigenvalue weighted by molar-refractivity contribution is 0.462. The average molecular weight is 409 g/mol. The molecule has 0 bridgehead atoms. The number of hydrogen-bond acceptors (Lipinski definition) is 6. The molecular weight excluding hydrogens is 388 g/mol. The molecule has 29 heavy (non-hydrogen) atoms. The van der Waals surface area contributed by atoms with Gasteiger partial charge >= 0.3 is 0 Å². The van der Waals surface area contributed by atoms with E-state index in [4.69, 9.17) is 10.2 Å². The van der Waals surface area contributed by atoms with Crippen molar-refractivity contribution in [2.24, 2.45) is 7.05 Å². The number of nitrogens with one attached hydrogen (secondary N) is 1. The number of rotatable bonds is 3. The molecule has 4 rings (SSSR count). The molecule has 8 heteroatoms. The first-order chi connectivity index (χ1) is 13.7. The van der Waals surface area contributed by atoms with E-state index in [0.717, 1.165) is 24.2 Å². The van der Waals surface area contributed by atoms with Crippen molar-refractivity contribution in [2.45, 2.75) is 6.04 Å². The van der Waals surface area contributed by atoms with E-state index in [9.17, 15) is 4.79 Å². The summed E-state index contributed by atoms with van der Waals surface area (Å²) in [4.78, 5) is 23.5. The van der Waals surface area contributed by atoms with Crippen molar-refractivity contribution in [3.05, 3.63) is 76.3 Å². The summed E-state index contributed by atoms with van der Waals surface area (Å²) in [6.07, 6.45) is 3.39. The third-order valence-corrected chi connectivity index (χ3v) is 4.99. The van der Waals surface area contributed by atoms with Crippen LogP contribution >= 0.6 is 12.4 Å². The predicted octanol–water partition coefficient (Wildman–Crippen LogP) is 2.29. The van der Waals surface area contributed by atoms with E-state index in [2.05, 4.69) is 21.3 Å². The third kappa shape index (κ3) is 4.29. The Morgan fingerprint density at radius 3 is 2.59 bits per heavy atom. The smallest absolute Gasteiger partial charge is 0.255 e. The molecule has 3 aromatic rings. The van der Waals surface area contributed by atoms with Gasteiger partial charge in [-0.15, -0.1) is 12.4 Å². The number of aromatic nitrogens is 3. The zero-order valence-corrected chi connectivity index (χ0v) is 16.8. The number of pyridine rings is 1. The fourth-order valence-corrected chi connectivity index (χ4v) is 3.43. The molecule has 0 aliphatic carbocycles. The zero-order valence-electron chi connectivity index (χ0n) is 15.9. The molecule has 1 aromatic carbocycles. The Kier molecular flexibility index (Phi) is 6.27. The number of anilines is 1. The summed E-state index contributed by atoms with van der Waals surface area (Å²) < 4.78 is 1.59. The van der Waals surface area contributed by atoms with E-state index in [1.54, 1.807) is 30.1 Å². The van der Waals surface area contributed by atoms with Crippen LogP contribution in [0.4, 0.5) is 5.95 Å². The highest BCUT2D eigenvalue weighted by atomic mass is 35.5. The number of nitrogens with zero attached hydrogens (tertiary/aromatic N) is 5.